The molecule has 0 saturated carbocycles. The van der Waals surface area contributed by atoms with Gasteiger partial charge in [-0.1, -0.05) is 157 Å². The van der Waals surface area contributed by atoms with E-state index in [2.05, 4.69) is 256 Å². The van der Waals surface area contributed by atoms with E-state index < -0.39 is 0 Å². The van der Waals surface area contributed by atoms with Crippen LogP contribution in [0.1, 0.15) is 131 Å². The van der Waals surface area contributed by atoms with Gasteiger partial charge in [-0.25, -0.2) is 0 Å². The molecule has 2 aliphatic heterocycles. The lowest BCUT2D eigenvalue weighted by Crippen LogP contribution is -2.60. The zero-order valence-electron chi connectivity index (χ0n) is 44.6. The largest absolute Gasteiger partial charge is 0.468 e. The van der Waals surface area contributed by atoms with Crippen LogP contribution in [0.5, 0.6) is 0 Å². The molecule has 0 radical (unpaired) electrons. The van der Waals surface area contributed by atoms with Gasteiger partial charge >= 0.3 is 6.71 Å². The summed E-state index contributed by atoms with van der Waals surface area (Å²) < 4.78 is 14.9. The lowest BCUT2D eigenvalue weighted by molar-refractivity contribution is 0.332. The minimum atomic E-state index is -0.360. The summed E-state index contributed by atoms with van der Waals surface area (Å²) in [6, 6.07) is 56.8. The predicted molar refractivity (Wildman–Crippen MR) is 306 cm³/mol. The first-order valence-corrected chi connectivity index (χ1v) is 26.2. The molecule has 7 aromatic carbocycles. The normalized spacial score (nSPS) is 15.9. The summed E-state index contributed by atoms with van der Waals surface area (Å²) >= 11 is 0. The Morgan fingerprint density at radius 2 is 0.875 bits per heavy atom. The van der Waals surface area contributed by atoms with Crippen molar-refractivity contribution in [2.45, 2.75) is 130 Å². The molecule has 4 heterocycles. The van der Waals surface area contributed by atoms with Gasteiger partial charge in [0, 0.05) is 44.9 Å². The number of nitrogens with zero attached hydrogens (tertiary/aromatic N) is 3. The van der Waals surface area contributed by atoms with E-state index in [1.165, 1.54) is 27.8 Å². The van der Waals surface area contributed by atoms with Crippen molar-refractivity contribution in [2.24, 2.45) is 0 Å². The zero-order chi connectivity index (χ0) is 50.4. The summed E-state index contributed by atoms with van der Waals surface area (Å²) in [5.41, 5.74) is 20.9. The van der Waals surface area contributed by atoms with Gasteiger partial charge in [-0.2, -0.15) is 0 Å². The van der Waals surface area contributed by atoms with Crippen LogP contribution in [0.15, 0.2) is 160 Å². The molecule has 12 rings (SSSR count). The van der Waals surface area contributed by atoms with Crippen LogP contribution in [0, 0.1) is 0 Å². The standard InChI is InChI=1S/C66H68BN3O2/c1-62(2,3)41-24-28-46(29-25-41)69-53-39-48(68(44-20-16-14-17-21-44)45-22-18-15-19-23-45)40-54-57(53)67(60-58(69)49-36-42(63(4,5)6)26-32-55(49)71-60)61-59(50-37-43(64(7,8)9)27-33-56(50)72-61)70(54)47-30-31-51-52(38-47)66(12,13)35-34-65(51,10)11/h14-33,36-40H,34-35H2,1-13H3. The molecule has 1 aliphatic carbocycles. The number of fused-ring (bicyclic) bond motifs is 9. The number of rotatable bonds is 5. The van der Waals surface area contributed by atoms with Crippen molar-refractivity contribution in [3.63, 3.8) is 0 Å². The van der Waals surface area contributed by atoms with Crippen molar-refractivity contribution in [2.75, 3.05) is 14.7 Å². The summed E-state index contributed by atoms with van der Waals surface area (Å²) in [5, 5.41) is 2.19. The maximum Gasteiger partial charge on any atom is 0.342 e. The molecule has 5 nitrogen and oxygen atoms in total. The van der Waals surface area contributed by atoms with E-state index in [1.807, 2.05) is 0 Å². The van der Waals surface area contributed by atoms with E-state index in [0.717, 1.165) is 103 Å². The number of anilines is 9. The van der Waals surface area contributed by atoms with Gasteiger partial charge in [-0.05, 0) is 158 Å². The third-order valence-electron chi connectivity index (χ3n) is 16.3. The summed E-state index contributed by atoms with van der Waals surface area (Å²) in [4.78, 5) is 7.49. The van der Waals surface area contributed by atoms with Crippen LogP contribution in [-0.4, -0.2) is 6.71 Å². The number of hydrogen-bond donors (Lipinski definition) is 0. The van der Waals surface area contributed by atoms with E-state index in [0.29, 0.717) is 0 Å². The first-order chi connectivity index (χ1) is 34.1. The minimum absolute atomic E-state index is 0.0102. The van der Waals surface area contributed by atoms with Gasteiger partial charge in [-0.15, -0.1) is 0 Å². The van der Waals surface area contributed by atoms with Crippen molar-refractivity contribution in [3.05, 3.63) is 179 Å². The Hall–Kier alpha value is -6.92. The molecule has 0 spiro atoms. The summed E-state index contributed by atoms with van der Waals surface area (Å²) in [7, 11) is 0. The number of para-hydroxylation sites is 2. The molecule has 0 bridgehead atoms. The highest BCUT2D eigenvalue weighted by Gasteiger charge is 2.51. The molecule has 0 saturated heterocycles. The topological polar surface area (TPSA) is 36.0 Å². The highest BCUT2D eigenvalue weighted by Crippen LogP contribution is 2.54. The molecule has 6 heteroatoms. The lowest BCUT2D eigenvalue weighted by atomic mass is 9.37. The van der Waals surface area contributed by atoms with Gasteiger partial charge < -0.3 is 23.5 Å². The second-order valence-electron chi connectivity index (χ2n) is 25.4. The van der Waals surface area contributed by atoms with Crippen LogP contribution in [0.2, 0.25) is 0 Å². The first kappa shape index (κ1) is 46.2. The SMILES string of the molecule is CC(C)(C)c1ccc(N2c3cc(N(c4ccccc4)c4ccccc4)cc4c3B(c3oc5ccc(C(C)(C)C)cc5c32)c2oc3ccc(C(C)(C)C)cc3c2N4c2ccc3c(c2)C(C)(C)CCC3(C)C)cc1. The van der Waals surface area contributed by atoms with Crippen molar-refractivity contribution in [3.8, 4) is 0 Å². The second kappa shape index (κ2) is 15.8. The van der Waals surface area contributed by atoms with Gasteiger partial charge in [0.25, 0.3) is 0 Å². The van der Waals surface area contributed by atoms with Gasteiger partial charge in [0.2, 0.25) is 0 Å². The summed E-state index contributed by atoms with van der Waals surface area (Å²) in [6.07, 6.45) is 2.27. The van der Waals surface area contributed by atoms with Gasteiger partial charge in [0.05, 0.1) is 17.1 Å². The van der Waals surface area contributed by atoms with Crippen molar-refractivity contribution in [1.29, 1.82) is 0 Å². The Balaban J connectivity index is 1.26. The Labute approximate surface area is 427 Å². The van der Waals surface area contributed by atoms with Crippen LogP contribution in [0.25, 0.3) is 21.9 Å². The molecule has 2 aromatic heterocycles. The fourth-order valence-corrected chi connectivity index (χ4v) is 12.0. The lowest BCUT2D eigenvalue weighted by Gasteiger charge is -2.44. The molecule has 0 atom stereocenters. The molecule has 0 amide bonds. The molecule has 9 aromatic rings. The minimum Gasteiger partial charge on any atom is -0.468 e. The fourth-order valence-electron chi connectivity index (χ4n) is 12.0. The Bertz CT molecular complexity index is 3560. The van der Waals surface area contributed by atoms with Crippen LogP contribution >= 0.6 is 0 Å². The van der Waals surface area contributed by atoms with E-state index in [4.69, 9.17) is 8.83 Å². The van der Waals surface area contributed by atoms with Gasteiger partial charge in [0.15, 0.2) is 0 Å². The number of benzene rings is 7. The monoisotopic (exact) mass is 946 g/mol. The van der Waals surface area contributed by atoms with Crippen molar-refractivity contribution >= 4 is 96.6 Å². The molecule has 0 unspecified atom stereocenters. The molecular formula is C66H68BN3O2. The third kappa shape index (κ3) is 7.25. The van der Waals surface area contributed by atoms with Crippen LogP contribution < -0.4 is 31.5 Å². The average Bonchev–Trinajstić information content (AvgIpc) is 3.91. The van der Waals surface area contributed by atoms with Crippen LogP contribution in [0.4, 0.5) is 51.2 Å². The maximum absolute atomic E-state index is 7.46. The molecule has 362 valence electrons. The maximum atomic E-state index is 7.46. The smallest absolute Gasteiger partial charge is 0.342 e. The summed E-state index contributed by atoms with van der Waals surface area (Å²) in [5.74, 6) is 0. The quantitative estimate of drug-likeness (QED) is 0.161. The fraction of sp³-hybridized carbons (Fsp3) is 0.303. The Morgan fingerprint density at radius 3 is 1.35 bits per heavy atom. The van der Waals surface area contributed by atoms with E-state index in [-0.39, 0.29) is 33.8 Å². The van der Waals surface area contributed by atoms with Gasteiger partial charge in [-0.3, -0.25) is 0 Å². The van der Waals surface area contributed by atoms with E-state index >= 15 is 0 Å². The Kier molecular flexibility index (Phi) is 10.1. The molecule has 3 aliphatic rings. The van der Waals surface area contributed by atoms with Crippen molar-refractivity contribution in [1.82, 2.24) is 0 Å². The van der Waals surface area contributed by atoms with E-state index in [1.54, 1.807) is 0 Å². The zero-order valence-corrected chi connectivity index (χ0v) is 44.6. The Morgan fingerprint density at radius 1 is 0.444 bits per heavy atom. The van der Waals surface area contributed by atoms with E-state index in [9.17, 15) is 0 Å². The third-order valence-corrected chi connectivity index (χ3v) is 16.3. The van der Waals surface area contributed by atoms with Gasteiger partial charge in [0.1, 0.15) is 22.5 Å². The summed E-state index contributed by atoms with van der Waals surface area (Å²) in [6.45, 7) is 30.0. The number of furan rings is 2. The molecule has 0 N–H and O–H groups in total. The highest BCUT2D eigenvalue weighted by atomic mass is 16.3. The van der Waals surface area contributed by atoms with Crippen molar-refractivity contribution < 1.29 is 8.83 Å². The van der Waals surface area contributed by atoms with Crippen LogP contribution in [0.3, 0.4) is 0 Å². The molecular weight excluding hydrogens is 878 g/mol. The highest BCUT2D eigenvalue weighted by molar-refractivity contribution is 6.99. The van der Waals surface area contributed by atoms with Crippen LogP contribution in [-0.2, 0) is 27.1 Å². The molecule has 0 fully saturated rings. The second-order valence-corrected chi connectivity index (χ2v) is 25.4. The average molecular weight is 946 g/mol. The predicted octanol–water partition coefficient (Wildman–Crippen LogP) is 17.0. The first-order valence-electron chi connectivity index (χ1n) is 26.2. The number of hydrogen-bond acceptors (Lipinski definition) is 5. The molecule has 72 heavy (non-hydrogen) atoms.